The van der Waals surface area contributed by atoms with E-state index >= 15 is 0 Å². The topological polar surface area (TPSA) is 48.3 Å². The Bertz CT molecular complexity index is 850. The van der Waals surface area contributed by atoms with Crippen molar-refractivity contribution in [1.82, 2.24) is 4.57 Å². The first-order chi connectivity index (χ1) is 11.3. The van der Waals surface area contributed by atoms with Gasteiger partial charge in [-0.1, -0.05) is 0 Å². The number of ether oxygens (including phenoxy) is 1. The van der Waals surface area contributed by atoms with Crippen LogP contribution in [0.2, 0.25) is 0 Å². The van der Waals surface area contributed by atoms with Crippen LogP contribution in [0, 0.1) is 5.82 Å². The summed E-state index contributed by atoms with van der Waals surface area (Å²) in [6.07, 6.45) is -4.23. The van der Waals surface area contributed by atoms with Crippen LogP contribution in [0.3, 0.4) is 0 Å². The molecule has 0 saturated heterocycles. The molecule has 25 heavy (non-hydrogen) atoms. The molecule has 0 aliphatic rings. The molecule has 0 unspecified atom stereocenters. The molecule has 0 aliphatic heterocycles. The summed E-state index contributed by atoms with van der Waals surface area (Å²) in [5.74, 6) is -3.63. The van der Waals surface area contributed by atoms with Gasteiger partial charge in [0.25, 0.3) is 5.78 Å². The second-order valence-electron chi connectivity index (χ2n) is 6.37. The molecule has 1 aromatic carbocycles. The Hall–Kier alpha value is -1.90. The van der Waals surface area contributed by atoms with Crippen molar-refractivity contribution >= 4 is 38.6 Å². The fourth-order valence-corrected chi connectivity index (χ4v) is 2.59. The van der Waals surface area contributed by atoms with Crippen LogP contribution in [0.15, 0.2) is 22.8 Å². The summed E-state index contributed by atoms with van der Waals surface area (Å²) in [5.41, 5.74) is -1.40. The first-order valence-corrected chi connectivity index (χ1v) is 7.90. The van der Waals surface area contributed by atoms with Crippen molar-refractivity contribution in [3.8, 4) is 0 Å². The number of carbonyl (C=O) groups excluding carboxylic acids is 2. The van der Waals surface area contributed by atoms with Crippen molar-refractivity contribution in [2.24, 2.45) is 0 Å². The first-order valence-electron chi connectivity index (χ1n) is 7.11. The number of benzene rings is 1. The molecule has 0 N–H and O–H groups in total. The van der Waals surface area contributed by atoms with E-state index in [1.54, 1.807) is 20.8 Å². The number of esters is 1. The Morgan fingerprint density at radius 2 is 1.80 bits per heavy atom. The summed E-state index contributed by atoms with van der Waals surface area (Å²) in [6.45, 7) is 4.51. The first kappa shape index (κ1) is 19.4. The number of hydrogen-bond donors (Lipinski definition) is 0. The van der Waals surface area contributed by atoms with Gasteiger partial charge in [-0.2, -0.15) is 13.2 Å². The molecule has 0 fully saturated rings. The molecule has 9 heteroatoms. The van der Waals surface area contributed by atoms with E-state index in [0.717, 1.165) is 16.8 Å². The van der Waals surface area contributed by atoms with Gasteiger partial charge in [-0.3, -0.25) is 9.59 Å². The second-order valence-corrected chi connectivity index (χ2v) is 7.22. The third-order valence-corrected chi connectivity index (χ3v) is 3.75. The molecule has 0 atom stereocenters. The van der Waals surface area contributed by atoms with Crippen molar-refractivity contribution in [3.63, 3.8) is 0 Å². The number of carbonyl (C=O) groups is 2. The Labute approximate surface area is 148 Å². The molecule has 4 nitrogen and oxygen atoms in total. The molecule has 1 heterocycles. The summed E-state index contributed by atoms with van der Waals surface area (Å²) < 4.78 is 58.3. The van der Waals surface area contributed by atoms with Gasteiger partial charge in [-0.25, -0.2) is 4.39 Å². The molecule has 0 amide bonds. The smallest absolute Gasteiger partial charge is 0.454 e. The van der Waals surface area contributed by atoms with Crippen molar-refractivity contribution in [2.45, 2.75) is 39.1 Å². The Balaban J connectivity index is 2.56. The van der Waals surface area contributed by atoms with Crippen LogP contribution in [-0.4, -0.2) is 28.1 Å². The fourth-order valence-electron chi connectivity index (χ4n) is 2.26. The minimum atomic E-state index is -5.12. The normalized spacial score (nSPS) is 12.5. The molecule has 2 aromatic rings. The standard InChI is InChI=1S/C16H14BrF4NO3/c1-15(2,3)25-13(23)7-22-6-9(14(24)16(19,20)21)8-4-11(18)10(17)5-12(8)22/h4-6H,7H2,1-3H3. The maximum Gasteiger partial charge on any atom is 0.454 e. The zero-order chi connectivity index (χ0) is 19.2. The Morgan fingerprint density at radius 3 is 2.32 bits per heavy atom. The van der Waals surface area contributed by atoms with Gasteiger partial charge in [-0.15, -0.1) is 0 Å². The number of rotatable bonds is 3. The van der Waals surface area contributed by atoms with Gasteiger partial charge in [0.2, 0.25) is 0 Å². The minimum absolute atomic E-state index is 0.00505. The lowest BCUT2D eigenvalue weighted by Gasteiger charge is -2.19. The lowest BCUT2D eigenvalue weighted by molar-refractivity contribution is -0.155. The van der Waals surface area contributed by atoms with Crippen LogP contribution >= 0.6 is 15.9 Å². The molecular weight excluding hydrogens is 410 g/mol. The second kappa shape index (κ2) is 6.44. The highest BCUT2D eigenvalue weighted by atomic mass is 79.9. The van der Waals surface area contributed by atoms with E-state index in [2.05, 4.69) is 15.9 Å². The number of fused-ring (bicyclic) bond motifs is 1. The third kappa shape index (κ3) is 4.39. The van der Waals surface area contributed by atoms with E-state index in [1.807, 2.05) is 0 Å². The highest BCUT2D eigenvalue weighted by Crippen LogP contribution is 2.31. The predicted octanol–water partition coefficient (Wildman–Crippen LogP) is 4.63. The number of hydrogen-bond acceptors (Lipinski definition) is 3. The molecule has 0 spiro atoms. The van der Waals surface area contributed by atoms with Gasteiger partial charge in [0.05, 0.1) is 15.6 Å². The van der Waals surface area contributed by atoms with Gasteiger partial charge < -0.3 is 9.30 Å². The SMILES string of the molecule is CC(C)(C)OC(=O)Cn1cc(C(=O)C(F)(F)F)c2cc(F)c(Br)cc21. The van der Waals surface area contributed by atoms with Gasteiger partial charge >= 0.3 is 12.1 Å². The number of Topliss-reactive ketones (excluding diaryl/α,β-unsaturated/α-hetero) is 1. The maximum absolute atomic E-state index is 13.7. The van der Waals surface area contributed by atoms with Crippen LogP contribution in [0.5, 0.6) is 0 Å². The number of nitrogens with zero attached hydrogens (tertiary/aromatic N) is 1. The molecule has 1 aromatic heterocycles. The van der Waals surface area contributed by atoms with E-state index in [0.29, 0.717) is 0 Å². The molecule has 0 saturated carbocycles. The Morgan fingerprint density at radius 1 is 1.20 bits per heavy atom. The fraction of sp³-hybridized carbons (Fsp3) is 0.375. The van der Waals surface area contributed by atoms with Crippen molar-refractivity contribution in [1.29, 1.82) is 0 Å². The lowest BCUT2D eigenvalue weighted by atomic mass is 10.1. The largest absolute Gasteiger partial charge is 0.459 e. The zero-order valence-electron chi connectivity index (χ0n) is 13.5. The quantitative estimate of drug-likeness (QED) is 0.410. The molecular formula is C16H14BrF4NO3. The average molecular weight is 424 g/mol. The summed E-state index contributed by atoms with van der Waals surface area (Å²) in [4.78, 5) is 23.6. The van der Waals surface area contributed by atoms with E-state index in [1.165, 1.54) is 6.07 Å². The molecule has 0 aliphatic carbocycles. The number of halogens is 5. The van der Waals surface area contributed by atoms with Crippen molar-refractivity contribution < 1.29 is 31.9 Å². The van der Waals surface area contributed by atoms with Gasteiger partial charge in [0.1, 0.15) is 18.0 Å². The van der Waals surface area contributed by atoms with E-state index < -0.39 is 41.5 Å². The van der Waals surface area contributed by atoms with Gasteiger partial charge in [-0.05, 0) is 48.8 Å². The number of aromatic nitrogens is 1. The summed E-state index contributed by atoms with van der Waals surface area (Å²) in [5, 5.41) is -0.230. The lowest BCUT2D eigenvalue weighted by Crippen LogP contribution is -2.26. The summed E-state index contributed by atoms with van der Waals surface area (Å²) >= 11 is 2.94. The van der Waals surface area contributed by atoms with Crippen LogP contribution in [0.1, 0.15) is 31.1 Å². The Kier molecular flexibility index (Phi) is 5.00. The van der Waals surface area contributed by atoms with E-state index in [-0.39, 0.29) is 15.4 Å². The molecule has 136 valence electrons. The van der Waals surface area contributed by atoms with Crippen LogP contribution in [0.25, 0.3) is 10.9 Å². The monoisotopic (exact) mass is 423 g/mol. The summed E-state index contributed by atoms with van der Waals surface area (Å²) in [7, 11) is 0. The number of ketones is 1. The van der Waals surface area contributed by atoms with Crippen LogP contribution < -0.4 is 0 Å². The average Bonchev–Trinajstić information content (AvgIpc) is 2.73. The van der Waals surface area contributed by atoms with Crippen molar-refractivity contribution in [3.05, 3.63) is 34.2 Å². The maximum atomic E-state index is 13.7. The molecule has 0 bridgehead atoms. The molecule has 0 radical (unpaired) electrons. The highest BCUT2D eigenvalue weighted by Gasteiger charge is 2.41. The minimum Gasteiger partial charge on any atom is -0.459 e. The summed E-state index contributed by atoms with van der Waals surface area (Å²) in [6, 6.07) is 2.03. The highest BCUT2D eigenvalue weighted by molar-refractivity contribution is 9.10. The van der Waals surface area contributed by atoms with E-state index in [9.17, 15) is 27.2 Å². The zero-order valence-corrected chi connectivity index (χ0v) is 15.1. The predicted molar refractivity (Wildman–Crippen MR) is 85.8 cm³/mol. The van der Waals surface area contributed by atoms with Gasteiger partial charge in [0, 0.05) is 11.6 Å². The van der Waals surface area contributed by atoms with Gasteiger partial charge in [0.15, 0.2) is 0 Å². The third-order valence-electron chi connectivity index (χ3n) is 3.14. The van der Waals surface area contributed by atoms with E-state index in [4.69, 9.17) is 4.74 Å². The van der Waals surface area contributed by atoms with Crippen LogP contribution in [-0.2, 0) is 16.1 Å². The van der Waals surface area contributed by atoms with Crippen LogP contribution in [0.4, 0.5) is 17.6 Å². The van der Waals surface area contributed by atoms with Crippen molar-refractivity contribution in [2.75, 3.05) is 0 Å². The molecule has 2 rings (SSSR count). The number of alkyl halides is 3.